The van der Waals surface area contributed by atoms with E-state index in [1.54, 1.807) is 0 Å². The minimum atomic E-state index is 0.431. The highest BCUT2D eigenvalue weighted by Gasteiger charge is 2.50. The highest BCUT2D eigenvalue weighted by Crippen LogP contribution is 2.51. The van der Waals surface area contributed by atoms with Crippen molar-refractivity contribution in [1.29, 1.82) is 0 Å². The van der Waals surface area contributed by atoms with Crippen LogP contribution in [0.15, 0.2) is 0 Å². The van der Waals surface area contributed by atoms with Crippen LogP contribution in [0.25, 0.3) is 0 Å². The standard InChI is InChI=1S/C48H92N2/c1-7-11-15-19-29-41-39-47(5,35-25-17-13-9-3)49(45-33-23-21-31-43(41)45)37-27-28-38-50-46-34-24-22-32-44(46)42(30-20-16-12-8-2)40-48(50,6)36-26-18-14-10-4/h41-46H,7-40H2,1-6H3. The molecule has 2 saturated carbocycles. The lowest BCUT2D eigenvalue weighted by Crippen LogP contribution is -2.62. The molecule has 2 aliphatic heterocycles. The van der Waals surface area contributed by atoms with Gasteiger partial charge in [-0.1, -0.05) is 169 Å². The van der Waals surface area contributed by atoms with Crippen molar-refractivity contribution in [3.63, 3.8) is 0 Å². The molecular formula is C48H92N2. The molecule has 0 aromatic rings. The molecule has 2 nitrogen and oxygen atoms in total. The highest BCUT2D eigenvalue weighted by atomic mass is 15.3. The monoisotopic (exact) mass is 697 g/mol. The molecule has 4 fully saturated rings. The van der Waals surface area contributed by atoms with Gasteiger partial charge in [0.25, 0.3) is 0 Å². The molecule has 0 radical (unpaired) electrons. The minimum Gasteiger partial charge on any atom is -0.295 e. The first-order chi connectivity index (χ1) is 24.4. The van der Waals surface area contributed by atoms with E-state index in [4.69, 9.17) is 0 Å². The Morgan fingerprint density at radius 2 is 0.780 bits per heavy atom. The maximum Gasteiger partial charge on any atom is 0.0187 e. The van der Waals surface area contributed by atoms with Crippen LogP contribution in [0.1, 0.15) is 247 Å². The number of rotatable bonds is 25. The van der Waals surface area contributed by atoms with Crippen LogP contribution in [-0.2, 0) is 0 Å². The predicted octanol–water partition coefficient (Wildman–Crippen LogP) is 14.9. The Labute approximate surface area is 315 Å². The topological polar surface area (TPSA) is 6.48 Å². The van der Waals surface area contributed by atoms with Crippen LogP contribution in [-0.4, -0.2) is 46.1 Å². The van der Waals surface area contributed by atoms with E-state index in [0.717, 1.165) is 35.8 Å². The lowest BCUT2D eigenvalue weighted by atomic mass is 9.63. The number of hydrogen-bond acceptors (Lipinski definition) is 2. The maximum atomic E-state index is 3.21. The molecule has 4 aliphatic rings. The fourth-order valence-corrected chi connectivity index (χ4v) is 12.7. The second kappa shape index (κ2) is 23.0. The maximum absolute atomic E-state index is 3.21. The molecule has 0 aromatic carbocycles. The smallest absolute Gasteiger partial charge is 0.0187 e. The zero-order valence-corrected chi connectivity index (χ0v) is 35.4. The SMILES string of the molecule is CCCCCCC1CC(C)(CCCCCC)N(CCCCN2C3CCCCC3C(CCCCCC)CC2(C)CCCCCC)C2CCCCC12. The van der Waals surface area contributed by atoms with E-state index in [1.807, 2.05) is 0 Å². The van der Waals surface area contributed by atoms with Crippen molar-refractivity contribution in [2.75, 3.05) is 13.1 Å². The molecule has 0 spiro atoms. The van der Waals surface area contributed by atoms with Crippen molar-refractivity contribution in [2.24, 2.45) is 23.7 Å². The normalized spacial score (nSPS) is 33.7. The summed E-state index contributed by atoms with van der Waals surface area (Å²) in [4.78, 5) is 6.42. The number of likely N-dealkylation sites (tertiary alicyclic amines) is 2. The van der Waals surface area contributed by atoms with Gasteiger partial charge in [0.05, 0.1) is 0 Å². The lowest BCUT2D eigenvalue weighted by molar-refractivity contribution is -0.0865. The van der Waals surface area contributed by atoms with Gasteiger partial charge in [0, 0.05) is 23.2 Å². The minimum absolute atomic E-state index is 0.431. The summed E-state index contributed by atoms with van der Waals surface area (Å²) in [6.07, 6.45) is 46.7. The third-order valence-electron chi connectivity index (χ3n) is 15.4. The summed E-state index contributed by atoms with van der Waals surface area (Å²) in [7, 11) is 0. The quantitative estimate of drug-likeness (QED) is 0.0877. The van der Waals surface area contributed by atoms with Crippen LogP contribution >= 0.6 is 0 Å². The first-order valence-corrected chi connectivity index (χ1v) is 23.9. The molecule has 2 aliphatic carbocycles. The molecular weight excluding hydrogens is 605 g/mol. The van der Waals surface area contributed by atoms with E-state index in [9.17, 15) is 0 Å². The number of nitrogens with zero attached hydrogens (tertiary/aromatic N) is 2. The van der Waals surface area contributed by atoms with Gasteiger partial charge in [0.1, 0.15) is 0 Å². The van der Waals surface area contributed by atoms with Crippen LogP contribution in [0.3, 0.4) is 0 Å². The lowest BCUT2D eigenvalue weighted by Gasteiger charge is -2.59. The second-order valence-electron chi connectivity index (χ2n) is 19.4. The van der Waals surface area contributed by atoms with Crippen LogP contribution in [0, 0.1) is 23.7 Å². The van der Waals surface area contributed by atoms with Gasteiger partial charge in [-0.25, -0.2) is 0 Å². The molecule has 50 heavy (non-hydrogen) atoms. The molecule has 0 aromatic heterocycles. The molecule has 294 valence electrons. The largest absolute Gasteiger partial charge is 0.295 e. The van der Waals surface area contributed by atoms with E-state index in [0.29, 0.717) is 11.1 Å². The van der Waals surface area contributed by atoms with Gasteiger partial charge in [-0.15, -0.1) is 0 Å². The molecule has 0 amide bonds. The van der Waals surface area contributed by atoms with Crippen molar-refractivity contribution in [3.05, 3.63) is 0 Å². The summed E-state index contributed by atoms with van der Waals surface area (Å²) in [6.45, 7) is 17.8. The zero-order chi connectivity index (χ0) is 35.7. The van der Waals surface area contributed by atoms with Crippen LogP contribution in [0.4, 0.5) is 0 Å². The van der Waals surface area contributed by atoms with Gasteiger partial charge in [-0.2, -0.15) is 0 Å². The Morgan fingerprint density at radius 1 is 0.420 bits per heavy atom. The molecule has 0 N–H and O–H groups in total. The van der Waals surface area contributed by atoms with E-state index in [-0.39, 0.29) is 0 Å². The van der Waals surface area contributed by atoms with Crippen LogP contribution in [0.2, 0.25) is 0 Å². The van der Waals surface area contributed by atoms with Gasteiger partial charge in [0.15, 0.2) is 0 Å². The van der Waals surface area contributed by atoms with Crippen molar-refractivity contribution < 1.29 is 0 Å². The third kappa shape index (κ3) is 12.2. The number of piperidine rings is 2. The second-order valence-corrected chi connectivity index (χ2v) is 19.4. The fraction of sp³-hybridized carbons (Fsp3) is 1.00. The van der Waals surface area contributed by atoms with Gasteiger partial charge in [-0.3, -0.25) is 9.80 Å². The van der Waals surface area contributed by atoms with Crippen molar-refractivity contribution in [2.45, 2.75) is 270 Å². The highest BCUT2D eigenvalue weighted by molar-refractivity contribution is 5.04. The molecule has 2 heterocycles. The Morgan fingerprint density at radius 3 is 1.16 bits per heavy atom. The van der Waals surface area contributed by atoms with E-state index in [1.165, 1.54) is 219 Å². The van der Waals surface area contributed by atoms with Gasteiger partial charge >= 0.3 is 0 Å². The summed E-state index contributed by atoms with van der Waals surface area (Å²) in [5.74, 6) is 3.95. The van der Waals surface area contributed by atoms with E-state index in [2.05, 4.69) is 51.3 Å². The van der Waals surface area contributed by atoms with E-state index >= 15 is 0 Å². The Balaban J connectivity index is 1.45. The Bertz CT molecular complexity index is 800. The summed E-state index contributed by atoms with van der Waals surface area (Å²) >= 11 is 0. The zero-order valence-electron chi connectivity index (χ0n) is 35.4. The van der Waals surface area contributed by atoms with Crippen LogP contribution < -0.4 is 0 Å². The molecule has 8 atom stereocenters. The van der Waals surface area contributed by atoms with Crippen molar-refractivity contribution in [3.8, 4) is 0 Å². The average molecular weight is 697 g/mol. The predicted molar refractivity (Wildman–Crippen MR) is 222 cm³/mol. The molecule has 2 heteroatoms. The van der Waals surface area contributed by atoms with Crippen molar-refractivity contribution in [1.82, 2.24) is 9.80 Å². The Kier molecular flexibility index (Phi) is 19.6. The first-order valence-electron chi connectivity index (χ1n) is 23.9. The molecule has 8 unspecified atom stereocenters. The summed E-state index contributed by atoms with van der Waals surface area (Å²) in [5, 5.41) is 0. The summed E-state index contributed by atoms with van der Waals surface area (Å²) in [5.41, 5.74) is 0.861. The number of unbranched alkanes of at least 4 members (excludes halogenated alkanes) is 13. The fourth-order valence-electron chi connectivity index (χ4n) is 12.7. The Hall–Kier alpha value is -0.0800. The average Bonchev–Trinajstić information content (AvgIpc) is 3.12. The molecule has 2 saturated heterocycles. The van der Waals surface area contributed by atoms with E-state index < -0.39 is 0 Å². The summed E-state index contributed by atoms with van der Waals surface area (Å²) < 4.78 is 0. The number of hydrogen-bond donors (Lipinski definition) is 0. The first kappa shape index (κ1) is 42.7. The van der Waals surface area contributed by atoms with Gasteiger partial charge in [-0.05, 0) is 115 Å². The van der Waals surface area contributed by atoms with Crippen molar-refractivity contribution >= 4 is 0 Å². The third-order valence-corrected chi connectivity index (χ3v) is 15.4. The molecule has 4 rings (SSSR count). The molecule has 0 bridgehead atoms. The van der Waals surface area contributed by atoms with Gasteiger partial charge in [0.2, 0.25) is 0 Å². The van der Waals surface area contributed by atoms with Crippen LogP contribution in [0.5, 0.6) is 0 Å². The van der Waals surface area contributed by atoms with Gasteiger partial charge < -0.3 is 0 Å². The summed E-state index contributed by atoms with van der Waals surface area (Å²) in [6, 6.07) is 1.75. The number of fused-ring (bicyclic) bond motifs is 2.